The Morgan fingerprint density at radius 2 is 0.533 bits per heavy atom. The van der Waals surface area contributed by atoms with Gasteiger partial charge in [0, 0.05) is 61.8 Å². The predicted molar refractivity (Wildman–Crippen MR) is 193 cm³/mol. The molecule has 0 aromatic heterocycles. The van der Waals surface area contributed by atoms with Crippen molar-refractivity contribution in [2.24, 2.45) is 11.8 Å². The second-order valence-electron chi connectivity index (χ2n) is 16.4. The van der Waals surface area contributed by atoms with Crippen molar-refractivity contribution in [1.82, 2.24) is 0 Å². The summed E-state index contributed by atoms with van der Waals surface area (Å²) in [5.74, 6) is -44.6. The number of halogens is 16. The molecule has 0 radical (unpaired) electrons. The summed E-state index contributed by atoms with van der Waals surface area (Å²) in [6, 6.07) is -2.76. The first-order chi connectivity index (χ1) is 28.0. The van der Waals surface area contributed by atoms with Crippen LogP contribution in [-0.4, -0.2) is 17.2 Å². The number of quaternary nitrogens is 1. The Morgan fingerprint density at radius 1 is 0.350 bits per heavy atom. The fraction of sp³-hybridized carbons (Fsp3) is 0.429. The molecule has 18 heteroatoms. The first kappa shape index (κ1) is 46.8. The van der Waals surface area contributed by atoms with Crippen molar-refractivity contribution in [3.63, 3.8) is 0 Å². The summed E-state index contributed by atoms with van der Waals surface area (Å²) in [5.41, 5.74) is -10.8. The van der Waals surface area contributed by atoms with Crippen LogP contribution in [0.2, 0.25) is 0 Å². The Morgan fingerprint density at radius 3 is 0.700 bits per heavy atom. The van der Waals surface area contributed by atoms with Crippen LogP contribution in [0.5, 0.6) is 0 Å². The lowest BCUT2D eigenvalue weighted by atomic mass is 9.12. The van der Waals surface area contributed by atoms with Crippen LogP contribution in [0.4, 0.5) is 70.2 Å². The largest absolute Gasteiger partial charge is 0.336 e. The van der Waals surface area contributed by atoms with Gasteiger partial charge in [0.25, 0.3) is 0 Å². The highest BCUT2D eigenvalue weighted by molar-refractivity contribution is 7.20. The molecule has 60 heavy (non-hydrogen) atoms. The second-order valence-corrected chi connectivity index (χ2v) is 16.4. The maximum atomic E-state index is 15.3. The molecule has 6 rings (SSSR count). The lowest BCUT2D eigenvalue weighted by molar-refractivity contribution is -0.806. The Hall–Kier alpha value is -4.22. The number of hydrogen-bond donors (Lipinski definition) is 1. The zero-order valence-corrected chi connectivity index (χ0v) is 32.7. The van der Waals surface area contributed by atoms with Crippen molar-refractivity contribution in [3.8, 4) is 0 Å². The molecule has 0 amide bonds. The van der Waals surface area contributed by atoms with E-state index >= 15 is 35.1 Å². The average molecular weight is 874 g/mol. The van der Waals surface area contributed by atoms with Crippen LogP contribution in [-0.2, 0) is 0 Å². The van der Waals surface area contributed by atoms with Gasteiger partial charge in [-0.15, -0.1) is 21.9 Å². The van der Waals surface area contributed by atoms with Gasteiger partial charge in [-0.2, -0.15) is 0 Å². The topological polar surface area (TPSA) is 16.6 Å². The summed E-state index contributed by atoms with van der Waals surface area (Å²) in [4.78, 5) is 0. The first-order valence-electron chi connectivity index (χ1n) is 19.4. The smallest absolute Gasteiger partial charge is 0.158 e. The zero-order valence-electron chi connectivity index (χ0n) is 32.7. The third-order valence-electron chi connectivity index (χ3n) is 12.8. The minimum atomic E-state index is -6.49. The highest BCUT2D eigenvalue weighted by Crippen LogP contribution is 2.37. The lowest BCUT2D eigenvalue weighted by Gasteiger charge is -2.49. The molecule has 0 bridgehead atoms. The van der Waals surface area contributed by atoms with Gasteiger partial charge in [0.15, 0.2) is 46.5 Å². The molecule has 2 N–H and O–H groups in total. The van der Waals surface area contributed by atoms with Crippen LogP contribution in [0.25, 0.3) is 0 Å². The molecule has 2 saturated carbocycles. The molecule has 328 valence electrons. The summed E-state index contributed by atoms with van der Waals surface area (Å²) >= 11 is 0. The normalized spacial score (nSPS) is 16.6. The summed E-state index contributed by atoms with van der Waals surface area (Å²) in [5, 5.41) is 2.91. The third-order valence-corrected chi connectivity index (χ3v) is 12.8. The van der Waals surface area contributed by atoms with E-state index in [0.717, 1.165) is 11.8 Å². The van der Waals surface area contributed by atoms with Crippen LogP contribution in [0.1, 0.15) is 91.9 Å². The summed E-state index contributed by atoms with van der Waals surface area (Å²) in [6.45, 7) is 9.88. The molecule has 2 aliphatic rings. The van der Waals surface area contributed by atoms with Gasteiger partial charge in [0.1, 0.15) is 52.7 Å². The minimum absolute atomic E-state index is 0.555. The van der Waals surface area contributed by atoms with Crippen LogP contribution < -0.4 is 27.2 Å². The van der Waals surface area contributed by atoms with E-state index in [9.17, 15) is 35.1 Å². The molecule has 0 spiro atoms. The van der Waals surface area contributed by atoms with E-state index in [4.69, 9.17) is 0 Å². The highest BCUT2D eigenvalue weighted by atomic mass is 19.2. The fourth-order valence-corrected chi connectivity index (χ4v) is 9.52. The number of hydrogen-bond acceptors (Lipinski definition) is 0. The third kappa shape index (κ3) is 7.89. The summed E-state index contributed by atoms with van der Waals surface area (Å²) in [6.07, 6.45) is 8.12. The van der Waals surface area contributed by atoms with Gasteiger partial charge in [-0.25, -0.2) is 70.2 Å². The van der Waals surface area contributed by atoms with Crippen LogP contribution >= 0.6 is 0 Å². The summed E-state index contributed by atoms with van der Waals surface area (Å²) in [7, 11) is 0. The molecule has 0 saturated heterocycles. The Kier molecular flexibility index (Phi) is 13.8. The standard InChI is InChI=1S/C24H4BF16.C18H35N/c26-5-1-6(27)18(35)13(17(5)34)25(14-19(36)7(28)2-8(29)20(14)37,15-21(38)9(30)3-10(31)22(15)39)16-23(40)11(32)4-12(33)24(16)41;1-15(2)17(11-7-5-8-12-17)19-18(16(3)4)13-9-6-10-14-18/h1-4H;15-16,19H,5-14H2,1-4H3/q-1;/p+1. The zero-order chi connectivity index (χ0) is 44.8. The molecule has 1 nitrogen and oxygen atoms in total. The van der Waals surface area contributed by atoms with E-state index in [1.807, 2.05) is 0 Å². The Balaban J connectivity index is 0.000000299. The molecule has 0 aliphatic heterocycles. The molecule has 0 unspecified atom stereocenters. The van der Waals surface area contributed by atoms with Gasteiger partial charge in [0.2, 0.25) is 0 Å². The van der Waals surface area contributed by atoms with Gasteiger partial charge in [0.05, 0.1) is 11.1 Å². The van der Waals surface area contributed by atoms with Gasteiger partial charge >= 0.3 is 0 Å². The van der Waals surface area contributed by atoms with E-state index in [1.54, 1.807) is 0 Å². The highest BCUT2D eigenvalue weighted by Gasteiger charge is 2.51. The van der Waals surface area contributed by atoms with Crippen molar-refractivity contribution >= 4 is 28.0 Å². The van der Waals surface area contributed by atoms with E-state index < -0.39 is 145 Å². The van der Waals surface area contributed by atoms with E-state index in [1.165, 1.54) is 64.2 Å². The van der Waals surface area contributed by atoms with Gasteiger partial charge in [-0.3, -0.25) is 0 Å². The first-order valence-corrected chi connectivity index (χ1v) is 19.4. The van der Waals surface area contributed by atoms with Gasteiger partial charge < -0.3 is 5.32 Å². The average Bonchev–Trinajstić information content (AvgIpc) is 3.19. The van der Waals surface area contributed by atoms with Gasteiger partial charge in [-0.05, 0) is 25.7 Å². The van der Waals surface area contributed by atoms with Crippen LogP contribution in [0.3, 0.4) is 0 Å². The predicted octanol–water partition coefficient (Wildman–Crippen LogP) is 9.56. The molecule has 4 aromatic rings. The Labute approximate surface area is 335 Å². The minimum Gasteiger partial charge on any atom is -0.336 e. The SMILES string of the molecule is CC(C)C1([NH2+]C2(C(C)C)CCCCC2)CCCCC1.Fc1cc(F)c(F)c([B-](c2c(F)c(F)cc(F)c2F)(c2c(F)c(F)cc(F)c2F)c2c(F)c(F)cc(F)c2F)c1F. The van der Waals surface area contributed by atoms with Crippen molar-refractivity contribution < 1.29 is 75.6 Å². The fourth-order valence-electron chi connectivity index (χ4n) is 9.52. The molecule has 4 aromatic carbocycles. The second kappa shape index (κ2) is 17.6. The summed E-state index contributed by atoms with van der Waals surface area (Å²) < 4.78 is 238. The van der Waals surface area contributed by atoms with E-state index in [-0.39, 0.29) is 0 Å². The van der Waals surface area contributed by atoms with Crippen molar-refractivity contribution in [1.29, 1.82) is 0 Å². The Bertz CT molecular complexity index is 1870. The number of nitrogens with two attached hydrogens (primary N) is 1. The van der Waals surface area contributed by atoms with Crippen molar-refractivity contribution in [3.05, 3.63) is 117 Å². The lowest BCUT2D eigenvalue weighted by Crippen LogP contribution is -3.08. The van der Waals surface area contributed by atoms with Crippen molar-refractivity contribution in [2.45, 2.75) is 103 Å². The van der Waals surface area contributed by atoms with Crippen LogP contribution in [0, 0.1) is 105 Å². The van der Waals surface area contributed by atoms with Gasteiger partial charge in [-0.1, -0.05) is 40.5 Å². The van der Waals surface area contributed by atoms with Crippen LogP contribution in [0.15, 0.2) is 24.3 Å². The van der Waals surface area contributed by atoms with E-state index in [0.29, 0.717) is 11.1 Å². The molecule has 2 fully saturated rings. The monoisotopic (exact) mass is 873 g/mol. The molecular weight excluding hydrogens is 833 g/mol. The molecular formula is C42H40BF16N. The number of rotatable bonds is 8. The molecule has 2 aliphatic carbocycles. The maximum Gasteiger partial charge on any atom is 0.158 e. The molecule has 0 heterocycles. The van der Waals surface area contributed by atoms with Crippen molar-refractivity contribution in [2.75, 3.05) is 0 Å². The maximum absolute atomic E-state index is 15.3. The number of benzene rings is 4. The molecule has 0 atom stereocenters. The quantitative estimate of drug-likeness (QED) is 0.103. The van der Waals surface area contributed by atoms with E-state index in [2.05, 4.69) is 33.0 Å².